The Hall–Kier alpha value is -1.45. The molecule has 0 bridgehead atoms. The summed E-state index contributed by atoms with van der Waals surface area (Å²) in [6.07, 6.45) is 0.859. The third-order valence-electron chi connectivity index (χ3n) is 3.40. The summed E-state index contributed by atoms with van der Waals surface area (Å²) in [5.74, 6) is -1.50. The molecule has 0 radical (unpaired) electrons. The summed E-state index contributed by atoms with van der Waals surface area (Å²) in [5, 5.41) is 0. The zero-order chi connectivity index (χ0) is 19.4. The monoisotopic (exact) mass is 398 g/mol. The van der Waals surface area contributed by atoms with Gasteiger partial charge in [0.15, 0.2) is 0 Å². The molecule has 0 fully saturated rings. The summed E-state index contributed by atoms with van der Waals surface area (Å²) in [7, 11) is -2.76. The SMILES string of the molecule is CCO[Si](CCCC(=S)C(=O)OC(=O)c1ccccc1)(OCC)OCC. The topological polar surface area (TPSA) is 71.1 Å². The molecular weight excluding hydrogens is 372 g/mol. The minimum atomic E-state index is -2.76. The molecule has 0 spiro atoms. The van der Waals surface area contributed by atoms with Crippen LogP contribution in [0.4, 0.5) is 0 Å². The highest BCUT2D eigenvalue weighted by Gasteiger charge is 2.39. The highest BCUT2D eigenvalue weighted by molar-refractivity contribution is 7.82. The Morgan fingerprint density at radius 1 is 0.962 bits per heavy atom. The maximum absolute atomic E-state index is 12.0. The van der Waals surface area contributed by atoms with Gasteiger partial charge in [0.1, 0.15) is 4.86 Å². The van der Waals surface area contributed by atoms with Gasteiger partial charge in [-0.2, -0.15) is 0 Å². The van der Waals surface area contributed by atoms with E-state index in [-0.39, 0.29) is 4.86 Å². The Kier molecular flexibility index (Phi) is 10.4. The predicted molar refractivity (Wildman–Crippen MR) is 104 cm³/mol. The molecule has 0 N–H and O–H groups in total. The lowest BCUT2D eigenvalue weighted by atomic mass is 10.2. The molecule has 0 saturated carbocycles. The van der Waals surface area contributed by atoms with Crippen LogP contribution >= 0.6 is 12.2 Å². The van der Waals surface area contributed by atoms with Gasteiger partial charge in [0.2, 0.25) is 0 Å². The molecule has 0 atom stereocenters. The number of benzene rings is 1. The summed E-state index contributed by atoms with van der Waals surface area (Å²) < 4.78 is 22.1. The van der Waals surface area contributed by atoms with Crippen molar-refractivity contribution in [2.75, 3.05) is 19.8 Å². The molecule has 0 aliphatic rings. The Bertz CT molecular complexity index is 576. The molecule has 1 aromatic carbocycles. The van der Waals surface area contributed by atoms with Crippen molar-refractivity contribution in [2.45, 2.75) is 39.7 Å². The van der Waals surface area contributed by atoms with Crippen molar-refractivity contribution in [2.24, 2.45) is 0 Å². The maximum Gasteiger partial charge on any atom is 0.500 e. The van der Waals surface area contributed by atoms with Crippen molar-refractivity contribution in [3.8, 4) is 0 Å². The van der Waals surface area contributed by atoms with Gasteiger partial charge in [-0.3, -0.25) is 0 Å². The highest BCUT2D eigenvalue weighted by atomic mass is 32.1. The number of ether oxygens (including phenoxy) is 1. The summed E-state index contributed by atoms with van der Waals surface area (Å²) in [6, 6.07) is 8.85. The van der Waals surface area contributed by atoms with E-state index in [1.165, 1.54) is 0 Å². The second-order valence-electron chi connectivity index (χ2n) is 5.30. The minimum Gasteiger partial charge on any atom is -0.385 e. The summed E-state index contributed by atoms with van der Waals surface area (Å²) in [5.41, 5.74) is 0.305. The Labute approximate surface area is 161 Å². The summed E-state index contributed by atoms with van der Waals surface area (Å²) in [6.45, 7) is 7.13. The van der Waals surface area contributed by atoms with Gasteiger partial charge in [-0.05, 0) is 45.7 Å². The first-order valence-corrected chi connectivity index (χ1v) is 11.1. The van der Waals surface area contributed by atoms with Crippen LogP contribution in [0, 0.1) is 0 Å². The predicted octanol–water partition coefficient (Wildman–Crippen LogP) is 3.57. The molecule has 0 amide bonds. The first-order chi connectivity index (χ1) is 12.5. The van der Waals surface area contributed by atoms with E-state index in [0.717, 1.165) is 0 Å². The van der Waals surface area contributed by atoms with Crippen molar-refractivity contribution in [1.82, 2.24) is 0 Å². The second kappa shape index (κ2) is 12.0. The molecule has 0 aliphatic heterocycles. The molecule has 0 unspecified atom stereocenters. The van der Waals surface area contributed by atoms with E-state index in [0.29, 0.717) is 44.3 Å². The molecule has 8 heteroatoms. The maximum atomic E-state index is 12.0. The fraction of sp³-hybridized carbons (Fsp3) is 0.500. The van der Waals surface area contributed by atoms with Crippen LogP contribution in [0.25, 0.3) is 0 Å². The smallest absolute Gasteiger partial charge is 0.385 e. The third-order valence-corrected chi connectivity index (χ3v) is 6.92. The largest absolute Gasteiger partial charge is 0.500 e. The molecule has 0 aliphatic carbocycles. The van der Waals surface area contributed by atoms with E-state index in [1.807, 2.05) is 20.8 Å². The molecule has 0 heterocycles. The number of thiocarbonyl (C=S) groups is 1. The Morgan fingerprint density at radius 3 is 2.00 bits per heavy atom. The van der Waals surface area contributed by atoms with Crippen molar-refractivity contribution in [1.29, 1.82) is 0 Å². The third kappa shape index (κ3) is 7.43. The fourth-order valence-electron chi connectivity index (χ4n) is 2.34. The van der Waals surface area contributed by atoms with E-state index in [9.17, 15) is 9.59 Å². The lowest BCUT2D eigenvalue weighted by Gasteiger charge is -2.28. The molecule has 1 rings (SSSR count). The van der Waals surface area contributed by atoms with E-state index in [4.69, 9.17) is 30.2 Å². The van der Waals surface area contributed by atoms with Crippen molar-refractivity contribution < 1.29 is 27.6 Å². The van der Waals surface area contributed by atoms with Gasteiger partial charge in [-0.1, -0.05) is 30.4 Å². The van der Waals surface area contributed by atoms with Gasteiger partial charge in [-0.15, -0.1) is 0 Å². The number of hydrogen-bond donors (Lipinski definition) is 0. The average Bonchev–Trinajstić information content (AvgIpc) is 2.63. The average molecular weight is 399 g/mol. The van der Waals surface area contributed by atoms with Gasteiger partial charge >= 0.3 is 20.7 Å². The highest BCUT2D eigenvalue weighted by Crippen LogP contribution is 2.20. The molecule has 0 aromatic heterocycles. The van der Waals surface area contributed by atoms with Crippen LogP contribution in [-0.2, 0) is 22.8 Å². The zero-order valence-corrected chi connectivity index (χ0v) is 17.3. The van der Waals surface area contributed by atoms with Crippen LogP contribution in [0.3, 0.4) is 0 Å². The second-order valence-corrected chi connectivity index (χ2v) is 8.53. The van der Waals surface area contributed by atoms with Gasteiger partial charge in [0, 0.05) is 25.9 Å². The van der Waals surface area contributed by atoms with Crippen LogP contribution in [0.2, 0.25) is 6.04 Å². The lowest BCUT2D eigenvalue weighted by Crippen LogP contribution is -2.46. The van der Waals surface area contributed by atoms with E-state index in [1.54, 1.807) is 30.3 Å². The Balaban J connectivity index is 2.53. The van der Waals surface area contributed by atoms with Crippen LogP contribution in [-0.4, -0.2) is 45.4 Å². The summed E-state index contributed by atoms with van der Waals surface area (Å²) in [4.78, 5) is 24.0. The molecule has 1 aromatic rings. The van der Waals surface area contributed by atoms with Gasteiger partial charge in [0.05, 0.1) is 5.56 Å². The van der Waals surface area contributed by atoms with Gasteiger partial charge in [0.25, 0.3) is 0 Å². The van der Waals surface area contributed by atoms with Crippen LogP contribution in [0.15, 0.2) is 30.3 Å². The van der Waals surface area contributed by atoms with Crippen LogP contribution in [0.1, 0.15) is 44.0 Å². The van der Waals surface area contributed by atoms with Gasteiger partial charge in [-0.25, -0.2) is 9.59 Å². The minimum absolute atomic E-state index is 0.0710. The molecule has 144 valence electrons. The number of esters is 2. The number of carbonyl (C=O) groups is 2. The first kappa shape index (κ1) is 22.6. The van der Waals surface area contributed by atoms with Gasteiger partial charge < -0.3 is 18.0 Å². The zero-order valence-electron chi connectivity index (χ0n) is 15.5. The first-order valence-electron chi connectivity index (χ1n) is 8.74. The van der Waals surface area contributed by atoms with Crippen LogP contribution < -0.4 is 0 Å². The molecule has 6 nitrogen and oxygen atoms in total. The van der Waals surface area contributed by atoms with E-state index in [2.05, 4.69) is 0 Å². The molecule has 26 heavy (non-hydrogen) atoms. The Morgan fingerprint density at radius 2 is 1.50 bits per heavy atom. The van der Waals surface area contributed by atoms with E-state index < -0.39 is 20.7 Å². The molecule has 0 saturated heterocycles. The van der Waals surface area contributed by atoms with E-state index >= 15 is 0 Å². The lowest BCUT2D eigenvalue weighted by molar-refractivity contribution is -0.130. The number of carbonyl (C=O) groups excluding carboxylic acids is 2. The number of hydrogen-bond acceptors (Lipinski definition) is 7. The number of rotatable bonds is 12. The quantitative estimate of drug-likeness (QED) is 0.231. The van der Waals surface area contributed by atoms with Crippen molar-refractivity contribution >= 4 is 37.8 Å². The standard InChI is InChI=1S/C18H26O6SSi/c1-4-21-26(22-5-2,23-6-3)14-10-13-16(25)18(20)24-17(19)15-11-8-7-9-12-15/h7-9,11-12H,4-6,10,13-14H2,1-3H3. The van der Waals surface area contributed by atoms with Crippen LogP contribution in [0.5, 0.6) is 0 Å². The van der Waals surface area contributed by atoms with Crippen molar-refractivity contribution in [3.05, 3.63) is 35.9 Å². The molecular formula is C18H26O6SSi. The van der Waals surface area contributed by atoms with Crippen molar-refractivity contribution in [3.63, 3.8) is 0 Å². The summed E-state index contributed by atoms with van der Waals surface area (Å²) >= 11 is 5.09. The fourth-order valence-corrected chi connectivity index (χ4v) is 5.14. The normalized spacial score (nSPS) is 11.2.